The van der Waals surface area contributed by atoms with Crippen molar-refractivity contribution in [2.75, 3.05) is 19.0 Å². The Bertz CT molecular complexity index is 597. The smallest absolute Gasteiger partial charge is 0.161 e. The van der Waals surface area contributed by atoms with Gasteiger partial charge in [0.1, 0.15) is 0 Å². The Balaban J connectivity index is 2.15. The molecule has 0 aliphatic heterocycles. The number of hydrogen-bond donors (Lipinski definition) is 1. The van der Waals surface area contributed by atoms with Gasteiger partial charge in [-0.25, -0.2) is 4.98 Å². The van der Waals surface area contributed by atoms with Crippen molar-refractivity contribution >= 4 is 17.3 Å². The number of hydrogen-bond acceptors (Lipinski definition) is 4. The van der Waals surface area contributed by atoms with E-state index in [1.54, 1.807) is 13.3 Å². The standard InChI is InChI=1S/C16H19ClN2O2/c1-4-21-14-9-12(5-6-13(14)20-3)10-19-15-11(2)7-8-18-16(15)17/h5-9,19H,4,10H2,1-3H3. The molecule has 0 bridgehead atoms. The van der Waals surface area contributed by atoms with Crippen LogP contribution in [0.25, 0.3) is 0 Å². The van der Waals surface area contributed by atoms with Crippen molar-refractivity contribution in [3.05, 3.63) is 46.7 Å². The molecule has 1 aromatic heterocycles. The zero-order valence-electron chi connectivity index (χ0n) is 12.4. The number of nitrogens with one attached hydrogen (secondary N) is 1. The molecule has 0 amide bonds. The summed E-state index contributed by atoms with van der Waals surface area (Å²) < 4.78 is 10.9. The Morgan fingerprint density at radius 3 is 2.71 bits per heavy atom. The molecule has 1 N–H and O–H groups in total. The van der Waals surface area contributed by atoms with Crippen LogP contribution in [-0.2, 0) is 6.54 Å². The molecule has 4 nitrogen and oxygen atoms in total. The summed E-state index contributed by atoms with van der Waals surface area (Å²) >= 11 is 6.11. The number of ether oxygens (including phenoxy) is 2. The van der Waals surface area contributed by atoms with Gasteiger partial charge in [0.15, 0.2) is 16.7 Å². The molecule has 0 saturated carbocycles. The van der Waals surface area contributed by atoms with Crippen LogP contribution >= 0.6 is 11.6 Å². The van der Waals surface area contributed by atoms with E-state index in [0.29, 0.717) is 18.3 Å². The first kappa shape index (κ1) is 15.4. The maximum atomic E-state index is 6.11. The highest BCUT2D eigenvalue weighted by molar-refractivity contribution is 6.32. The number of pyridine rings is 1. The lowest BCUT2D eigenvalue weighted by Crippen LogP contribution is -2.03. The fraction of sp³-hybridized carbons (Fsp3) is 0.312. The number of rotatable bonds is 6. The molecule has 0 aliphatic carbocycles. The van der Waals surface area contributed by atoms with E-state index < -0.39 is 0 Å². The predicted octanol–water partition coefficient (Wildman–Crippen LogP) is 4.06. The van der Waals surface area contributed by atoms with Gasteiger partial charge in [0, 0.05) is 12.7 Å². The zero-order chi connectivity index (χ0) is 15.2. The van der Waals surface area contributed by atoms with Gasteiger partial charge in [-0.05, 0) is 43.2 Å². The Kier molecular flexibility index (Phi) is 5.28. The Hall–Kier alpha value is -1.94. The molecule has 2 rings (SSSR count). The number of benzene rings is 1. The quantitative estimate of drug-likeness (QED) is 0.817. The summed E-state index contributed by atoms with van der Waals surface area (Å²) in [7, 11) is 1.63. The van der Waals surface area contributed by atoms with Crippen LogP contribution in [-0.4, -0.2) is 18.7 Å². The molecule has 0 unspecified atom stereocenters. The fourth-order valence-electron chi connectivity index (χ4n) is 2.03. The first-order valence-corrected chi connectivity index (χ1v) is 7.18. The van der Waals surface area contributed by atoms with Gasteiger partial charge in [-0.3, -0.25) is 0 Å². The normalized spacial score (nSPS) is 10.3. The molecule has 21 heavy (non-hydrogen) atoms. The van der Waals surface area contributed by atoms with E-state index in [0.717, 1.165) is 28.3 Å². The lowest BCUT2D eigenvalue weighted by atomic mass is 10.2. The topological polar surface area (TPSA) is 43.4 Å². The number of anilines is 1. The first-order chi connectivity index (χ1) is 10.2. The SMILES string of the molecule is CCOc1cc(CNc2c(C)ccnc2Cl)ccc1OC. The Labute approximate surface area is 130 Å². The maximum Gasteiger partial charge on any atom is 0.161 e. The second kappa shape index (κ2) is 7.18. The van der Waals surface area contributed by atoms with E-state index in [1.807, 2.05) is 38.1 Å². The second-order valence-corrected chi connectivity index (χ2v) is 4.92. The number of methoxy groups -OCH3 is 1. The number of halogens is 1. The third-order valence-electron chi connectivity index (χ3n) is 3.11. The summed E-state index contributed by atoms with van der Waals surface area (Å²) in [5, 5.41) is 3.79. The van der Waals surface area contributed by atoms with Crippen LogP contribution in [0.5, 0.6) is 11.5 Å². The number of nitrogens with zero attached hydrogens (tertiary/aromatic N) is 1. The molecule has 2 aromatic rings. The Morgan fingerprint density at radius 2 is 2.05 bits per heavy atom. The minimum Gasteiger partial charge on any atom is -0.493 e. The first-order valence-electron chi connectivity index (χ1n) is 6.80. The minimum atomic E-state index is 0.480. The van der Waals surface area contributed by atoms with Crippen LogP contribution in [0.3, 0.4) is 0 Å². The summed E-state index contributed by atoms with van der Waals surface area (Å²) in [6.45, 7) is 5.18. The van der Waals surface area contributed by atoms with Crippen LogP contribution in [0.15, 0.2) is 30.5 Å². The zero-order valence-corrected chi connectivity index (χ0v) is 13.2. The maximum absolute atomic E-state index is 6.11. The summed E-state index contributed by atoms with van der Waals surface area (Å²) in [5.74, 6) is 1.48. The molecule has 1 heterocycles. The second-order valence-electron chi connectivity index (χ2n) is 4.57. The predicted molar refractivity (Wildman–Crippen MR) is 85.5 cm³/mol. The average Bonchev–Trinajstić information content (AvgIpc) is 2.47. The Morgan fingerprint density at radius 1 is 1.24 bits per heavy atom. The van der Waals surface area contributed by atoms with E-state index in [4.69, 9.17) is 21.1 Å². The molecule has 0 fully saturated rings. The van der Waals surface area contributed by atoms with Crippen LogP contribution in [0.4, 0.5) is 5.69 Å². The van der Waals surface area contributed by atoms with Gasteiger partial charge in [0.2, 0.25) is 0 Å². The average molecular weight is 307 g/mol. The van der Waals surface area contributed by atoms with Gasteiger partial charge in [0.05, 0.1) is 19.4 Å². The van der Waals surface area contributed by atoms with E-state index in [9.17, 15) is 0 Å². The molecule has 0 aliphatic rings. The van der Waals surface area contributed by atoms with E-state index in [2.05, 4.69) is 10.3 Å². The highest BCUT2D eigenvalue weighted by Crippen LogP contribution is 2.29. The van der Waals surface area contributed by atoms with Crippen LogP contribution in [0.2, 0.25) is 5.15 Å². The molecule has 1 aromatic carbocycles. The molecule has 0 atom stereocenters. The molecule has 0 spiro atoms. The van der Waals surface area contributed by atoms with Crippen molar-refractivity contribution < 1.29 is 9.47 Å². The van der Waals surface area contributed by atoms with Gasteiger partial charge in [-0.15, -0.1) is 0 Å². The van der Waals surface area contributed by atoms with E-state index in [1.165, 1.54) is 0 Å². The molecule has 0 saturated heterocycles. The number of aromatic nitrogens is 1. The van der Waals surface area contributed by atoms with Gasteiger partial charge in [0.25, 0.3) is 0 Å². The molecule has 5 heteroatoms. The van der Waals surface area contributed by atoms with Crippen LogP contribution in [0, 0.1) is 6.92 Å². The van der Waals surface area contributed by atoms with Crippen LogP contribution < -0.4 is 14.8 Å². The van der Waals surface area contributed by atoms with Crippen molar-refractivity contribution in [2.24, 2.45) is 0 Å². The number of aryl methyl sites for hydroxylation is 1. The minimum absolute atomic E-state index is 0.480. The molecule has 0 radical (unpaired) electrons. The van der Waals surface area contributed by atoms with Gasteiger partial charge >= 0.3 is 0 Å². The molecular weight excluding hydrogens is 288 g/mol. The third-order valence-corrected chi connectivity index (χ3v) is 3.40. The van der Waals surface area contributed by atoms with Gasteiger partial charge in [-0.1, -0.05) is 17.7 Å². The van der Waals surface area contributed by atoms with Crippen LogP contribution in [0.1, 0.15) is 18.1 Å². The van der Waals surface area contributed by atoms with Crippen molar-refractivity contribution in [1.29, 1.82) is 0 Å². The third kappa shape index (κ3) is 3.79. The summed E-state index contributed by atoms with van der Waals surface area (Å²) in [6.07, 6.45) is 1.70. The highest BCUT2D eigenvalue weighted by Gasteiger charge is 2.07. The highest BCUT2D eigenvalue weighted by atomic mass is 35.5. The monoisotopic (exact) mass is 306 g/mol. The van der Waals surface area contributed by atoms with Gasteiger partial charge < -0.3 is 14.8 Å². The summed E-state index contributed by atoms with van der Waals surface area (Å²) in [6, 6.07) is 7.79. The van der Waals surface area contributed by atoms with Crippen molar-refractivity contribution in [2.45, 2.75) is 20.4 Å². The summed E-state index contributed by atoms with van der Waals surface area (Å²) in [5.41, 5.74) is 3.00. The van der Waals surface area contributed by atoms with Gasteiger partial charge in [-0.2, -0.15) is 0 Å². The lowest BCUT2D eigenvalue weighted by molar-refractivity contribution is 0.310. The lowest BCUT2D eigenvalue weighted by Gasteiger charge is -2.13. The van der Waals surface area contributed by atoms with Crippen molar-refractivity contribution in [3.8, 4) is 11.5 Å². The van der Waals surface area contributed by atoms with E-state index in [-0.39, 0.29) is 0 Å². The fourth-order valence-corrected chi connectivity index (χ4v) is 2.30. The molecule has 112 valence electrons. The molecular formula is C16H19ClN2O2. The van der Waals surface area contributed by atoms with Crippen molar-refractivity contribution in [1.82, 2.24) is 4.98 Å². The summed E-state index contributed by atoms with van der Waals surface area (Å²) in [4.78, 5) is 4.08. The van der Waals surface area contributed by atoms with E-state index >= 15 is 0 Å². The largest absolute Gasteiger partial charge is 0.493 e. The van der Waals surface area contributed by atoms with Crippen molar-refractivity contribution in [3.63, 3.8) is 0 Å².